The summed E-state index contributed by atoms with van der Waals surface area (Å²) in [7, 11) is 1.91. The van der Waals surface area contributed by atoms with E-state index in [-0.39, 0.29) is 6.61 Å². The summed E-state index contributed by atoms with van der Waals surface area (Å²) in [5, 5.41) is 22.8. The smallest absolute Gasteiger partial charge is 0.130 e. The fourth-order valence-electron chi connectivity index (χ4n) is 2.87. The second-order valence-corrected chi connectivity index (χ2v) is 6.36. The summed E-state index contributed by atoms with van der Waals surface area (Å²) in [6.07, 6.45) is 2.99. The van der Waals surface area contributed by atoms with Crippen LogP contribution in [-0.2, 0) is 7.05 Å². The van der Waals surface area contributed by atoms with Crippen molar-refractivity contribution < 1.29 is 9.84 Å². The Morgan fingerprint density at radius 2 is 2.12 bits per heavy atom. The highest BCUT2D eigenvalue weighted by molar-refractivity contribution is 5.87. The van der Waals surface area contributed by atoms with Crippen LogP contribution in [0.2, 0.25) is 0 Å². The molecule has 6 heteroatoms. The highest BCUT2D eigenvalue weighted by atomic mass is 16.5. The molecule has 2 heterocycles. The number of aromatic amines is 1. The van der Waals surface area contributed by atoms with Crippen LogP contribution in [-0.4, -0.2) is 37.8 Å². The number of hydrogen-bond acceptors (Lipinski definition) is 4. The number of aryl methyl sites for hydroxylation is 2. The van der Waals surface area contributed by atoms with Crippen molar-refractivity contribution >= 4 is 10.9 Å². The first-order chi connectivity index (χ1) is 11.5. The summed E-state index contributed by atoms with van der Waals surface area (Å²) in [4.78, 5) is 0. The van der Waals surface area contributed by atoms with E-state index in [0.717, 1.165) is 34.5 Å². The summed E-state index contributed by atoms with van der Waals surface area (Å²) in [5.41, 5.74) is 2.91. The average molecular weight is 328 g/mol. The molecule has 0 saturated heterocycles. The predicted molar refractivity (Wildman–Crippen MR) is 93.2 cm³/mol. The normalized spacial score (nSPS) is 14.0. The zero-order chi connectivity index (χ0) is 17.1. The molecule has 2 N–H and O–H groups in total. The van der Waals surface area contributed by atoms with E-state index in [2.05, 4.69) is 22.2 Å². The Morgan fingerprint density at radius 1 is 1.29 bits per heavy atom. The molecule has 0 aliphatic carbocycles. The van der Waals surface area contributed by atoms with Crippen molar-refractivity contribution in [2.45, 2.75) is 38.7 Å². The predicted octanol–water partition coefficient (Wildman–Crippen LogP) is 2.93. The third-order valence-corrected chi connectivity index (χ3v) is 4.33. The molecule has 0 fully saturated rings. The quantitative estimate of drug-likeness (QED) is 0.699. The topological polar surface area (TPSA) is 76.0 Å². The van der Waals surface area contributed by atoms with E-state index in [1.54, 1.807) is 4.68 Å². The van der Waals surface area contributed by atoms with Crippen LogP contribution in [0.5, 0.6) is 5.75 Å². The van der Waals surface area contributed by atoms with Crippen molar-refractivity contribution in [3.8, 4) is 5.75 Å². The zero-order valence-electron chi connectivity index (χ0n) is 14.4. The maximum absolute atomic E-state index is 10.2. The molecule has 6 nitrogen and oxygen atoms in total. The molecule has 1 aromatic carbocycles. The van der Waals surface area contributed by atoms with Gasteiger partial charge in [-0.05, 0) is 38.0 Å². The number of nitrogens with one attached hydrogen (secondary N) is 1. The van der Waals surface area contributed by atoms with Gasteiger partial charge in [-0.1, -0.05) is 13.0 Å². The molecule has 3 rings (SSSR count). The monoisotopic (exact) mass is 328 g/mol. The van der Waals surface area contributed by atoms with Crippen LogP contribution in [0.4, 0.5) is 0 Å². The van der Waals surface area contributed by atoms with Crippen molar-refractivity contribution in [1.82, 2.24) is 20.0 Å². The summed E-state index contributed by atoms with van der Waals surface area (Å²) in [6, 6.07) is 7.79. The Balaban J connectivity index is 1.53. The number of hydrogen-bond donors (Lipinski definition) is 2. The molecule has 1 unspecified atom stereocenters. The minimum absolute atomic E-state index is 0.276. The molecule has 0 spiro atoms. The minimum Gasteiger partial charge on any atom is -0.490 e. The summed E-state index contributed by atoms with van der Waals surface area (Å²) in [5.74, 6) is 1.08. The molecule has 0 amide bonds. The lowest BCUT2D eigenvalue weighted by molar-refractivity contribution is 0.0973. The third-order valence-electron chi connectivity index (χ3n) is 4.33. The largest absolute Gasteiger partial charge is 0.490 e. The van der Waals surface area contributed by atoms with Crippen LogP contribution >= 0.6 is 0 Å². The standard InChI is InChI=1S/C18H24N4O2/c1-12(15-9-10-22(3)21-15)7-8-14(23)11-24-17-6-4-5-16-18(17)13(2)19-20-16/h4-6,9-10,12,14,23H,7-8,11H2,1-3H3,(H,19,20)/t12?,14-/m0/s1. The van der Waals surface area contributed by atoms with Gasteiger partial charge in [-0.3, -0.25) is 9.78 Å². The van der Waals surface area contributed by atoms with E-state index in [0.29, 0.717) is 12.3 Å². The van der Waals surface area contributed by atoms with Crippen molar-refractivity contribution in [3.05, 3.63) is 41.9 Å². The van der Waals surface area contributed by atoms with E-state index < -0.39 is 6.10 Å². The number of rotatable bonds is 7. The van der Waals surface area contributed by atoms with E-state index in [9.17, 15) is 5.11 Å². The van der Waals surface area contributed by atoms with Crippen LogP contribution in [0.1, 0.15) is 37.1 Å². The highest BCUT2D eigenvalue weighted by Crippen LogP contribution is 2.27. The fourth-order valence-corrected chi connectivity index (χ4v) is 2.87. The van der Waals surface area contributed by atoms with Gasteiger partial charge in [0.05, 0.1) is 22.7 Å². The minimum atomic E-state index is -0.501. The first kappa shape index (κ1) is 16.5. The van der Waals surface area contributed by atoms with Gasteiger partial charge in [0.25, 0.3) is 0 Å². The lowest BCUT2D eigenvalue weighted by Crippen LogP contribution is -2.18. The maximum Gasteiger partial charge on any atom is 0.130 e. The van der Waals surface area contributed by atoms with Crippen molar-refractivity contribution in [2.75, 3.05) is 6.61 Å². The molecule has 0 saturated carbocycles. The van der Waals surface area contributed by atoms with Gasteiger partial charge in [-0.25, -0.2) is 0 Å². The highest BCUT2D eigenvalue weighted by Gasteiger charge is 2.14. The Hall–Kier alpha value is -2.34. The van der Waals surface area contributed by atoms with Gasteiger partial charge in [0, 0.05) is 24.9 Å². The molecule has 24 heavy (non-hydrogen) atoms. The van der Waals surface area contributed by atoms with Gasteiger partial charge in [0.15, 0.2) is 0 Å². The zero-order valence-corrected chi connectivity index (χ0v) is 14.4. The number of fused-ring (bicyclic) bond motifs is 1. The number of benzene rings is 1. The summed E-state index contributed by atoms with van der Waals surface area (Å²) in [6.45, 7) is 4.37. The van der Waals surface area contributed by atoms with Crippen LogP contribution in [0.15, 0.2) is 30.5 Å². The average Bonchev–Trinajstić information content (AvgIpc) is 3.17. The van der Waals surface area contributed by atoms with Crippen LogP contribution in [0.25, 0.3) is 10.9 Å². The van der Waals surface area contributed by atoms with E-state index in [4.69, 9.17) is 4.74 Å². The van der Waals surface area contributed by atoms with Gasteiger partial charge >= 0.3 is 0 Å². The number of nitrogens with zero attached hydrogens (tertiary/aromatic N) is 3. The number of aliphatic hydroxyl groups excluding tert-OH is 1. The van der Waals surface area contributed by atoms with Gasteiger partial charge < -0.3 is 9.84 Å². The van der Waals surface area contributed by atoms with Gasteiger partial charge in [-0.15, -0.1) is 0 Å². The van der Waals surface area contributed by atoms with E-state index in [1.807, 2.05) is 44.4 Å². The van der Waals surface area contributed by atoms with Crippen LogP contribution in [0.3, 0.4) is 0 Å². The summed E-state index contributed by atoms with van der Waals surface area (Å²) >= 11 is 0. The van der Waals surface area contributed by atoms with Gasteiger partial charge in [0.1, 0.15) is 12.4 Å². The second kappa shape index (κ2) is 7.05. The second-order valence-electron chi connectivity index (χ2n) is 6.36. The molecule has 128 valence electrons. The number of H-pyrrole nitrogens is 1. The van der Waals surface area contributed by atoms with Gasteiger partial charge in [0.2, 0.25) is 0 Å². The van der Waals surface area contributed by atoms with Crippen molar-refractivity contribution in [2.24, 2.45) is 7.05 Å². The lowest BCUT2D eigenvalue weighted by Gasteiger charge is -2.15. The third kappa shape index (κ3) is 3.59. The van der Waals surface area contributed by atoms with Crippen LogP contribution in [0, 0.1) is 6.92 Å². The molecule has 2 aromatic heterocycles. The Bertz CT molecular complexity index is 808. The maximum atomic E-state index is 10.2. The number of aliphatic hydroxyl groups is 1. The Morgan fingerprint density at radius 3 is 2.88 bits per heavy atom. The molecule has 2 atom stereocenters. The molecular weight excluding hydrogens is 304 g/mol. The first-order valence-electron chi connectivity index (χ1n) is 8.28. The Labute approximate surface area is 141 Å². The SMILES string of the molecule is Cc1[nH]nc2cccc(OC[C@@H](O)CCC(C)c3ccn(C)n3)c12. The van der Waals surface area contributed by atoms with Gasteiger partial charge in [-0.2, -0.15) is 10.2 Å². The lowest BCUT2D eigenvalue weighted by atomic mass is 10.00. The van der Waals surface area contributed by atoms with Crippen molar-refractivity contribution in [1.29, 1.82) is 0 Å². The van der Waals surface area contributed by atoms with Crippen LogP contribution < -0.4 is 4.74 Å². The number of aromatic nitrogens is 4. The van der Waals surface area contributed by atoms with E-state index >= 15 is 0 Å². The molecule has 3 aromatic rings. The first-order valence-corrected chi connectivity index (χ1v) is 8.28. The molecule has 0 radical (unpaired) electrons. The molecule has 0 bridgehead atoms. The molecular formula is C18H24N4O2. The Kier molecular flexibility index (Phi) is 4.85. The summed E-state index contributed by atoms with van der Waals surface area (Å²) < 4.78 is 7.64. The van der Waals surface area contributed by atoms with E-state index in [1.165, 1.54) is 0 Å². The molecule has 0 aliphatic heterocycles. The fraction of sp³-hybridized carbons (Fsp3) is 0.444. The molecule has 0 aliphatic rings. The number of ether oxygens (including phenoxy) is 1. The van der Waals surface area contributed by atoms with Crippen molar-refractivity contribution in [3.63, 3.8) is 0 Å².